The van der Waals surface area contributed by atoms with Crippen LogP contribution in [-0.4, -0.2) is 10.5 Å². The van der Waals surface area contributed by atoms with Gasteiger partial charge in [-0.15, -0.1) is 0 Å². The van der Waals surface area contributed by atoms with Gasteiger partial charge in [-0.2, -0.15) is 0 Å². The molecule has 0 saturated carbocycles. The number of aromatic nitrogens is 1. The van der Waals surface area contributed by atoms with E-state index >= 15 is 0 Å². The summed E-state index contributed by atoms with van der Waals surface area (Å²) >= 11 is 0. The quantitative estimate of drug-likeness (QED) is 0.861. The number of nitrogens with zero attached hydrogens (tertiary/aromatic N) is 1. The van der Waals surface area contributed by atoms with E-state index in [9.17, 15) is 14.0 Å². The Bertz CT molecular complexity index is 634. The molecular formula is C12H11FN2O2. The fourth-order valence-corrected chi connectivity index (χ4v) is 1.71. The highest BCUT2D eigenvalue weighted by molar-refractivity contribution is 5.79. The third-order valence-electron chi connectivity index (χ3n) is 2.54. The highest BCUT2D eigenvalue weighted by Crippen LogP contribution is 2.13. The van der Waals surface area contributed by atoms with Crippen molar-refractivity contribution < 1.29 is 9.18 Å². The summed E-state index contributed by atoms with van der Waals surface area (Å²) < 4.78 is 14.5. The fourth-order valence-electron chi connectivity index (χ4n) is 1.71. The van der Waals surface area contributed by atoms with Crippen LogP contribution in [0, 0.1) is 5.82 Å². The molecule has 0 radical (unpaired) electrons. The molecule has 2 N–H and O–H groups in total. The van der Waals surface area contributed by atoms with Crippen LogP contribution in [0.1, 0.15) is 6.42 Å². The molecule has 1 aromatic carbocycles. The molecule has 0 aliphatic heterocycles. The largest absolute Gasteiger partial charge is 0.370 e. The Morgan fingerprint density at radius 3 is 2.71 bits per heavy atom. The third kappa shape index (κ3) is 2.33. The predicted molar refractivity (Wildman–Crippen MR) is 62.0 cm³/mol. The number of primary amides is 1. The van der Waals surface area contributed by atoms with Crippen molar-refractivity contribution in [3.05, 3.63) is 46.5 Å². The topological polar surface area (TPSA) is 65.1 Å². The van der Waals surface area contributed by atoms with E-state index in [-0.39, 0.29) is 18.5 Å². The number of rotatable bonds is 3. The van der Waals surface area contributed by atoms with Gasteiger partial charge in [0.2, 0.25) is 5.91 Å². The Hall–Kier alpha value is -2.17. The Morgan fingerprint density at radius 2 is 2.00 bits per heavy atom. The maximum atomic E-state index is 13.1. The van der Waals surface area contributed by atoms with Crippen molar-refractivity contribution in [3.8, 4) is 0 Å². The zero-order valence-electron chi connectivity index (χ0n) is 9.02. The maximum Gasteiger partial charge on any atom is 0.251 e. The molecule has 1 aromatic heterocycles. The molecule has 0 bridgehead atoms. The number of nitrogens with two attached hydrogens (primary N) is 1. The minimum atomic E-state index is -0.495. The number of hydrogen-bond acceptors (Lipinski definition) is 2. The van der Waals surface area contributed by atoms with Gasteiger partial charge in [0, 0.05) is 19.0 Å². The van der Waals surface area contributed by atoms with Crippen molar-refractivity contribution in [1.29, 1.82) is 0 Å². The zero-order valence-corrected chi connectivity index (χ0v) is 9.02. The third-order valence-corrected chi connectivity index (χ3v) is 2.54. The molecule has 2 rings (SSSR count). The predicted octanol–water partition coefficient (Wildman–Crippen LogP) is 1.02. The summed E-state index contributed by atoms with van der Waals surface area (Å²) in [4.78, 5) is 22.4. The molecule has 0 aliphatic rings. The first kappa shape index (κ1) is 11.3. The molecule has 17 heavy (non-hydrogen) atoms. The average molecular weight is 234 g/mol. The highest BCUT2D eigenvalue weighted by atomic mass is 19.1. The SMILES string of the molecule is NC(=O)CCn1c(=O)ccc2ccc(F)cc21. The van der Waals surface area contributed by atoms with Crippen LogP contribution in [0.25, 0.3) is 10.9 Å². The van der Waals surface area contributed by atoms with Crippen LogP contribution in [0.4, 0.5) is 4.39 Å². The molecule has 0 unspecified atom stereocenters. The van der Waals surface area contributed by atoms with Crippen LogP contribution < -0.4 is 11.3 Å². The molecule has 1 heterocycles. The van der Waals surface area contributed by atoms with Gasteiger partial charge in [-0.05, 0) is 29.7 Å². The van der Waals surface area contributed by atoms with E-state index in [4.69, 9.17) is 5.73 Å². The number of amides is 1. The Morgan fingerprint density at radius 1 is 1.29 bits per heavy atom. The van der Waals surface area contributed by atoms with Crippen LogP contribution in [0.5, 0.6) is 0 Å². The Labute approximate surface area is 96.5 Å². The molecule has 1 amide bonds. The van der Waals surface area contributed by atoms with Crippen molar-refractivity contribution in [2.45, 2.75) is 13.0 Å². The number of benzene rings is 1. The summed E-state index contributed by atoms with van der Waals surface area (Å²) in [6, 6.07) is 7.20. The van der Waals surface area contributed by atoms with E-state index in [1.165, 1.54) is 22.8 Å². The fraction of sp³-hybridized carbons (Fsp3) is 0.167. The molecule has 5 heteroatoms. The minimum absolute atomic E-state index is 0.0511. The number of carbonyl (C=O) groups excluding carboxylic acids is 1. The van der Waals surface area contributed by atoms with Gasteiger partial charge in [-0.25, -0.2) is 4.39 Å². The molecule has 0 atom stereocenters. The lowest BCUT2D eigenvalue weighted by Gasteiger charge is -2.08. The van der Waals surface area contributed by atoms with Gasteiger partial charge in [0.25, 0.3) is 5.56 Å². The van der Waals surface area contributed by atoms with Crippen LogP contribution in [0.3, 0.4) is 0 Å². The lowest BCUT2D eigenvalue weighted by molar-refractivity contribution is -0.118. The summed E-state index contributed by atoms with van der Waals surface area (Å²) in [5, 5.41) is 0.746. The van der Waals surface area contributed by atoms with Crippen LogP contribution >= 0.6 is 0 Å². The summed E-state index contributed by atoms with van der Waals surface area (Å²) in [7, 11) is 0. The maximum absolute atomic E-state index is 13.1. The Kier molecular flexibility index (Phi) is 2.91. The lowest BCUT2D eigenvalue weighted by Crippen LogP contribution is -2.23. The smallest absolute Gasteiger partial charge is 0.251 e. The first-order valence-corrected chi connectivity index (χ1v) is 5.15. The molecule has 0 aliphatic carbocycles. The van der Waals surface area contributed by atoms with Crippen LogP contribution in [0.2, 0.25) is 0 Å². The Balaban J connectivity index is 2.58. The van der Waals surface area contributed by atoms with E-state index in [2.05, 4.69) is 0 Å². The minimum Gasteiger partial charge on any atom is -0.370 e. The van der Waals surface area contributed by atoms with Gasteiger partial charge >= 0.3 is 0 Å². The van der Waals surface area contributed by atoms with Crippen molar-refractivity contribution in [2.75, 3.05) is 0 Å². The number of halogens is 1. The van der Waals surface area contributed by atoms with E-state index in [0.717, 1.165) is 5.39 Å². The van der Waals surface area contributed by atoms with E-state index < -0.39 is 11.7 Å². The molecule has 0 saturated heterocycles. The second-order valence-corrected chi connectivity index (χ2v) is 3.74. The van der Waals surface area contributed by atoms with E-state index in [0.29, 0.717) is 5.52 Å². The summed E-state index contributed by atoms with van der Waals surface area (Å²) in [6.07, 6.45) is 0.0511. The number of aryl methyl sites for hydroxylation is 1. The normalized spacial score (nSPS) is 10.6. The number of hydrogen-bond donors (Lipinski definition) is 1. The molecule has 4 nitrogen and oxygen atoms in total. The molecule has 88 valence electrons. The standard InChI is InChI=1S/C12H11FN2O2/c13-9-3-1-8-2-4-12(17)15(10(8)7-9)6-5-11(14)16/h1-4,7H,5-6H2,(H2,14,16). The van der Waals surface area contributed by atoms with Gasteiger partial charge in [0.15, 0.2) is 0 Å². The van der Waals surface area contributed by atoms with Gasteiger partial charge in [0.1, 0.15) is 5.82 Å². The average Bonchev–Trinajstić information content (AvgIpc) is 2.27. The first-order valence-electron chi connectivity index (χ1n) is 5.15. The van der Waals surface area contributed by atoms with Crippen molar-refractivity contribution >= 4 is 16.8 Å². The highest BCUT2D eigenvalue weighted by Gasteiger charge is 2.05. The molecule has 0 spiro atoms. The number of fused-ring (bicyclic) bond motifs is 1. The van der Waals surface area contributed by atoms with Crippen molar-refractivity contribution in [3.63, 3.8) is 0 Å². The second-order valence-electron chi connectivity index (χ2n) is 3.74. The van der Waals surface area contributed by atoms with Crippen molar-refractivity contribution in [1.82, 2.24) is 4.57 Å². The van der Waals surface area contributed by atoms with Gasteiger partial charge < -0.3 is 10.3 Å². The van der Waals surface area contributed by atoms with Crippen LogP contribution in [-0.2, 0) is 11.3 Å². The van der Waals surface area contributed by atoms with Gasteiger partial charge in [-0.3, -0.25) is 9.59 Å². The first-order chi connectivity index (χ1) is 8.08. The number of carbonyl (C=O) groups is 1. The lowest BCUT2D eigenvalue weighted by atomic mass is 10.2. The van der Waals surface area contributed by atoms with E-state index in [1.807, 2.05) is 0 Å². The zero-order chi connectivity index (χ0) is 12.4. The summed E-state index contributed by atoms with van der Waals surface area (Å²) in [5.41, 5.74) is 5.23. The molecule has 2 aromatic rings. The van der Waals surface area contributed by atoms with Gasteiger partial charge in [-0.1, -0.05) is 0 Å². The molecular weight excluding hydrogens is 223 g/mol. The van der Waals surface area contributed by atoms with E-state index in [1.54, 1.807) is 12.1 Å². The van der Waals surface area contributed by atoms with Gasteiger partial charge in [0.05, 0.1) is 5.52 Å². The summed E-state index contributed by atoms with van der Waals surface area (Å²) in [5.74, 6) is -0.916. The van der Waals surface area contributed by atoms with Crippen LogP contribution in [0.15, 0.2) is 35.1 Å². The second kappa shape index (κ2) is 4.37. The molecule has 0 fully saturated rings. The van der Waals surface area contributed by atoms with Crippen molar-refractivity contribution in [2.24, 2.45) is 5.73 Å². The monoisotopic (exact) mass is 234 g/mol. The number of pyridine rings is 1. The summed E-state index contributed by atoms with van der Waals surface area (Å²) in [6.45, 7) is 0.162.